The van der Waals surface area contributed by atoms with Crippen molar-refractivity contribution in [1.29, 1.82) is 0 Å². The summed E-state index contributed by atoms with van der Waals surface area (Å²) in [4.78, 5) is 24.0. The molecule has 1 unspecified atom stereocenters. The minimum Gasteiger partial charge on any atom is -0.507 e. The molecule has 140 valence electrons. The highest BCUT2D eigenvalue weighted by molar-refractivity contribution is 5.90. The summed E-state index contributed by atoms with van der Waals surface area (Å²) in [5.41, 5.74) is 0.316. The zero-order valence-electron chi connectivity index (χ0n) is 15.5. The van der Waals surface area contributed by atoms with E-state index in [2.05, 4.69) is 5.32 Å². The summed E-state index contributed by atoms with van der Waals surface area (Å²) in [6.07, 6.45) is 0.209. The summed E-state index contributed by atoms with van der Waals surface area (Å²) < 4.78 is 10.00. The van der Waals surface area contributed by atoms with Gasteiger partial charge >= 0.3 is 12.1 Å². The number of nitrogens with one attached hydrogen (secondary N) is 1. The van der Waals surface area contributed by atoms with Gasteiger partial charge in [-0.1, -0.05) is 30.3 Å². The number of phenols is 1. The normalized spacial score (nSPS) is 12.5. The number of ether oxygens (including phenoxy) is 2. The van der Waals surface area contributed by atoms with Crippen molar-refractivity contribution < 1.29 is 24.2 Å². The summed E-state index contributed by atoms with van der Waals surface area (Å²) in [5.74, 6) is -0.320. The average molecular weight is 359 g/mol. The molecule has 0 aliphatic carbocycles. The Morgan fingerprint density at radius 3 is 2.38 bits per heavy atom. The highest BCUT2D eigenvalue weighted by Crippen LogP contribution is 2.28. The third kappa shape index (κ3) is 5.12. The van der Waals surface area contributed by atoms with E-state index in [9.17, 15) is 14.7 Å². The van der Waals surface area contributed by atoms with Crippen LogP contribution in [0.15, 0.2) is 36.4 Å². The van der Waals surface area contributed by atoms with Crippen LogP contribution in [0.3, 0.4) is 0 Å². The van der Waals surface area contributed by atoms with Gasteiger partial charge in [-0.15, -0.1) is 0 Å². The maximum absolute atomic E-state index is 12.0. The van der Waals surface area contributed by atoms with Crippen LogP contribution in [0, 0.1) is 0 Å². The topological polar surface area (TPSA) is 84.9 Å². The molecular weight excluding hydrogens is 334 g/mol. The number of amides is 1. The smallest absolute Gasteiger partial charge is 0.408 e. The van der Waals surface area contributed by atoms with Gasteiger partial charge in [-0.2, -0.15) is 0 Å². The molecule has 0 radical (unpaired) electrons. The number of aryl methyl sites for hydroxylation is 1. The lowest BCUT2D eigenvalue weighted by molar-refractivity contribution is -0.143. The zero-order valence-corrected chi connectivity index (χ0v) is 15.5. The van der Waals surface area contributed by atoms with E-state index in [4.69, 9.17) is 9.47 Å². The first-order valence-electron chi connectivity index (χ1n) is 8.48. The quantitative estimate of drug-likeness (QED) is 0.798. The summed E-state index contributed by atoms with van der Waals surface area (Å²) >= 11 is 0. The molecule has 1 atom stereocenters. The number of carbonyl (C=O) groups excluding carboxylic acids is 2. The van der Waals surface area contributed by atoms with Gasteiger partial charge in [0, 0.05) is 5.39 Å². The first-order valence-corrected chi connectivity index (χ1v) is 8.48. The minimum atomic E-state index is -0.817. The van der Waals surface area contributed by atoms with E-state index < -0.39 is 23.7 Å². The van der Waals surface area contributed by atoms with Gasteiger partial charge in [0.1, 0.15) is 17.4 Å². The first-order chi connectivity index (χ1) is 12.2. The number of phenolic OH excluding ortho intramolecular Hbond substituents is 1. The molecule has 0 spiro atoms. The molecule has 0 fully saturated rings. The van der Waals surface area contributed by atoms with Gasteiger partial charge in [0.25, 0.3) is 0 Å². The molecule has 0 aliphatic rings. The number of hydrogen-bond donors (Lipinski definition) is 2. The van der Waals surface area contributed by atoms with E-state index in [1.54, 1.807) is 26.8 Å². The van der Waals surface area contributed by atoms with E-state index in [0.717, 1.165) is 16.3 Å². The molecule has 26 heavy (non-hydrogen) atoms. The molecule has 0 heterocycles. The maximum Gasteiger partial charge on any atom is 0.408 e. The second kappa shape index (κ2) is 8.08. The highest BCUT2D eigenvalue weighted by Gasteiger charge is 2.25. The van der Waals surface area contributed by atoms with E-state index in [-0.39, 0.29) is 5.75 Å². The number of benzene rings is 2. The summed E-state index contributed by atoms with van der Waals surface area (Å²) in [7, 11) is 1.28. The Morgan fingerprint density at radius 2 is 1.77 bits per heavy atom. The summed E-state index contributed by atoms with van der Waals surface area (Å²) in [6.45, 7) is 5.26. The number of carbonyl (C=O) groups is 2. The summed E-state index contributed by atoms with van der Waals surface area (Å²) in [5, 5.41) is 14.2. The number of alkyl carbamates (subject to hydrolysis) is 1. The van der Waals surface area contributed by atoms with Crippen LogP contribution in [0.5, 0.6) is 5.75 Å². The Kier molecular flexibility index (Phi) is 6.08. The molecule has 0 saturated carbocycles. The number of fused-ring (bicyclic) bond motifs is 1. The van der Waals surface area contributed by atoms with Crippen molar-refractivity contribution in [3.8, 4) is 5.75 Å². The monoisotopic (exact) mass is 359 g/mol. The molecule has 1 amide bonds. The molecule has 2 N–H and O–H groups in total. The van der Waals surface area contributed by atoms with E-state index >= 15 is 0 Å². The van der Waals surface area contributed by atoms with Crippen LogP contribution in [0.1, 0.15) is 32.8 Å². The van der Waals surface area contributed by atoms with E-state index in [0.29, 0.717) is 12.8 Å². The van der Waals surface area contributed by atoms with E-state index in [1.165, 1.54) is 7.11 Å². The van der Waals surface area contributed by atoms with Crippen molar-refractivity contribution in [2.75, 3.05) is 7.11 Å². The average Bonchev–Trinajstić information content (AvgIpc) is 2.58. The fourth-order valence-electron chi connectivity index (χ4n) is 2.70. The van der Waals surface area contributed by atoms with Gasteiger partial charge in [-0.3, -0.25) is 0 Å². The molecule has 2 aromatic carbocycles. The Bertz CT molecular complexity index is 794. The number of rotatable bonds is 5. The Labute approximate surface area is 153 Å². The van der Waals surface area contributed by atoms with Crippen LogP contribution in [-0.2, 0) is 20.7 Å². The molecule has 0 bridgehead atoms. The van der Waals surface area contributed by atoms with Gasteiger partial charge in [0.05, 0.1) is 7.11 Å². The number of esters is 1. The van der Waals surface area contributed by atoms with Gasteiger partial charge in [-0.05, 0) is 50.6 Å². The molecule has 0 aromatic heterocycles. The lowest BCUT2D eigenvalue weighted by atomic mass is 9.98. The molecule has 6 heteroatoms. The minimum absolute atomic E-state index is 0.209. The van der Waals surface area contributed by atoms with Crippen LogP contribution in [0.4, 0.5) is 4.79 Å². The van der Waals surface area contributed by atoms with Gasteiger partial charge in [0.15, 0.2) is 0 Å². The Balaban J connectivity index is 2.14. The van der Waals surface area contributed by atoms with E-state index in [1.807, 2.05) is 30.3 Å². The van der Waals surface area contributed by atoms with Crippen molar-refractivity contribution in [2.24, 2.45) is 0 Å². The summed E-state index contributed by atoms with van der Waals surface area (Å²) in [6, 6.07) is 10.1. The SMILES string of the molecule is COC(=O)C(CCc1ccc(O)c2ccccc12)NC(=O)OC(C)(C)C. The van der Waals surface area contributed by atoms with Crippen LogP contribution in [0.2, 0.25) is 0 Å². The van der Waals surface area contributed by atoms with Crippen molar-refractivity contribution in [1.82, 2.24) is 5.32 Å². The first kappa shape index (κ1) is 19.6. The predicted molar refractivity (Wildman–Crippen MR) is 99.1 cm³/mol. The second-order valence-electron chi connectivity index (χ2n) is 7.05. The lowest BCUT2D eigenvalue weighted by Gasteiger charge is -2.22. The molecule has 6 nitrogen and oxygen atoms in total. The van der Waals surface area contributed by atoms with Crippen molar-refractivity contribution in [3.63, 3.8) is 0 Å². The fraction of sp³-hybridized carbons (Fsp3) is 0.400. The molecule has 0 saturated heterocycles. The molecular formula is C20H25NO5. The second-order valence-corrected chi connectivity index (χ2v) is 7.05. The van der Waals surface area contributed by atoms with Crippen LogP contribution in [-0.4, -0.2) is 35.9 Å². The van der Waals surface area contributed by atoms with Crippen molar-refractivity contribution >= 4 is 22.8 Å². The predicted octanol–water partition coefficient (Wildman–Crippen LogP) is 3.54. The van der Waals surface area contributed by atoms with Crippen molar-refractivity contribution in [3.05, 3.63) is 42.0 Å². The Hall–Kier alpha value is -2.76. The lowest BCUT2D eigenvalue weighted by Crippen LogP contribution is -2.44. The largest absolute Gasteiger partial charge is 0.507 e. The van der Waals surface area contributed by atoms with Crippen LogP contribution < -0.4 is 5.32 Å². The third-order valence-corrected chi connectivity index (χ3v) is 3.87. The van der Waals surface area contributed by atoms with Crippen molar-refractivity contribution in [2.45, 2.75) is 45.3 Å². The van der Waals surface area contributed by atoms with Gasteiger partial charge in [0.2, 0.25) is 0 Å². The standard InChI is InChI=1S/C20H25NO5/c1-20(2,3)26-19(24)21-16(18(23)25-4)11-9-13-10-12-17(22)15-8-6-5-7-14(13)15/h5-8,10,12,16,22H,9,11H2,1-4H3,(H,21,24). The number of aromatic hydroxyl groups is 1. The van der Waals surface area contributed by atoms with Crippen LogP contribution in [0.25, 0.3) is 10.8 Å². The molecule has 0 aliphatic heterocycles. The fourth-order valence-corrected chi connectivity index (χ4v) is 2.70. The number of methoxy groups -OCH3 is 1. The molecule has 2 rings (SSSR count). The highest BCUT2D eigenvalue weighted by atomic mass is 16.6. The number of hydrogen-bond acceptors (Lipinski definition) is 5. The molecule has 2 aromatic rings. The van der Waals surface area contributed by atoms with Gasteiger partial charge < -0.3 is 19.9 Å². The zero-order chi connectivity index (χ0) is 19.3. The maximum atomic E-state index is 12.0. The van der Waals surface area contributed by atoms with Gasteiger partial charge in [-0.25, -0.2) is 9.59 Å². The Morgan fingerprint density at radius 1 is 1.12 bits per heavy atom. The van der Waals surface area contributed by atoms with Crippen LogP contribution >= 0.6 is 0 Å². The third-order valence-electron chi connectivity index (χ3n) is 3.87.